The highest BCUT2D eigenvalue weighted by molar-refractivity contribution is 7.99. The summed E-state index contributed by atoms with van der Waals surface area (Å²) in [6.07, 6.45) is 6.76. The van der Waals surface area contributed by atoms with Crippen LogP contribution in [-0.4, -0.2) is 14.8 Å². The standard InChI is InChI=1S/C26H28N2OS/c1-18(2)30-25-27-23-21-14-8-7-11-19(21)17-26(15-9-4-10-16-26)22(23)24(29)28(25)20-12-5-3-6-13-20/h3,5-8,11-14,18H,4,9-10,15-17H2,1-2H3. The minimum atomic E-state index is -0.0798. The minimum absolute atomic E-state index is 0.0798. The van der Waals surface area contributed by atoms with Gasteiger partial charge in [-0.2, -0.15) is 0 Å². The van der Waals surface area contributed by atoms with E-state index in [9.17, 15) is 4.79 Å². The Morgan fingerprint density at radius 2 is 1.67 bits per heavy atom. The van der Waals surface area contributed by atoms with E-state index in [0.717, 1.165) is 46.9 Å². The van der Waals surface area contributed by atoms with Gasteiger partial charge in [0.05, 0.1) is 16.9 Å². The van der Waals surface area contributed by atoms with Crippen LogP contribution in [0.3, 0.4) is 0 Å². The SMILES string of the molecule is CC(C)Sc1nc2c(c(=O)n1-c1ccccc1)C1(CCCCC1)Cc1ccccc1-2. The van der Waals surface area contributed by atoms with Crippen LogP contribution in [0.1, 0.15) is 57.1 Å². The molecule has 0 amide bonds. The number of fused-ring (bicyclic) bond motifs is 4. The quantitative estimate of drug-likeness (QED) is 0.379. The van der Waals surface area contributed by atoms with Crippen LogP contribution in [0, 0.1) is 0 Å². The molecule has 4 heteroatoms. The second-order valence-corrected chi connectivity index (χ2v) is 10.5. The summed E-state index contributed by atoms with van der Waals surface area (Å²) in [5.41, 5.74) is 5.33. The van der Waals surface area contributed by atoms with Crippen molar-refractivity contribution in [3.05, 3.63) is 76.1 Å². The first-order chi connectivity index (χ1) is 14.6. The first kappa shape index (κ1) is 19.6. The molecule has 0 radical (unpaired) electrons. The lowest BCUT2D eigenvalue weighted by atomic mass is 9.62. The molecule has 1 fully saturated rings. The summed E-state index contributed by atoms with van der Waals surface area (Å²) in [5.74, 6) is 0. The molecule has 2 aliphatic carbocycles. The van der Waals surface area contributed by atoms with Gasteiger partial charge in [0.1, 0.15) is 0 Å². The summed E-state index contributed by atoms with van der Waals surface area (Å²) >= 11 is 1.67. The summed E-state index contributed by atoms with van der Waals surface area (Å²) < 4.78 is 1.87. The Bertz CT molecular complexity index is 1130. The molecule has 1 saturated carbocycles. The smallest absolute Gasteiger partial charge is 0.263 e. The van der Waals surface area contributed by atoms with Crippen molar-refractivity contribution in [2.75, 3.05) is 0 Å². The van der Waals surface area contributed by atoms with Crippen molar-refractivity contribution < 1.29 is 0 Å². The molecule has 1 aromatic heterocycles. The molecule has 0 atom stereocenters. The van der Waals surface area contributed by atoms with E-state index in [2.05, 4.69) is 38.1 Å². The lowest BCUT2D eigenvalue weighted by molar-refractivity contribution is 0.283. The van der Waals surface area contributed by atoms with Crippen LogP contribution in [0.15, 0.2) is 64.5 Å². The Balaban J connectivity index is 1.84. The number of nitrogens with zero attached hydrogens (tertiary/aromatic N) is 2. The molecule has 0 unspecified atom stereocenters. The maximum absolute atomic E-state index is 14.2. The molecule has 2 aliphatic rings. The van der Waals surface area contributed by atoms with Gasteiger partial charge in [-0.05, 0) is 37.0 Å². The summed E-state index contributed by atoms with van der Waals surface area (Å²) in [5, 5.41) is 1.13. The highest BCUT2D eigenvalue weighted by Gasteiger charge is 2.43. The average Bonchev–Trinajstić information content (AvgIpc) is 2.74. The van der Waals surface area contributed by atoms with Crippen molar-refractivity contribution in [3.63, 3.8) is 0 Å². The number of thioether (sulfide) groups is 1. The first-order valence-electron chi connectivity index (χ1n) is 11.1. The molecule has 0 saturated heterocycles. The zero-order valence-corrected chi connectivity index (χ0v) is 18.5. The number of hydrogen-bond donors (Lipinski definition) is 0. The lowest BCUT2D eigenvalue weighted by Gasteiger charge is -2.42. The lowest BCUT2D eigenvalue weighted by Crippen LogP contribution is -2.43. The highest BCUT2D eigenvalue weighted by atomic mass is 32.2. The van der Waals surface area contributed by atoms with E-state index in [1.807, 2.05) is 34.9 Å². The van der Waals surface area contributed by atoms with Gasteiger partial charge < -0.3 is 0 Å². The molecule has 3 nitrogen and oxygen atoms in total. The average molecular weight is 417 g/mol. The second-order valence-electron chi connectivity index (χ2n) is 8.94. The Labute approximate surface area is 182 Å². The van der Waals surface area contributed by atoms with Gasteiger partial charge in [-0.15, -0.1) is 0 Å². The van der Waals surface area contributed by atoms with Gasteiger partial charge in [-0.1, -0.05) is 87.3 Å². The van der Waals surface area contributed by atoms with Gasteiger partial charge in [-0.25, -0.2) is 4.98 Å². The van der Waals surface area contributed by atoms with Gasteiger partial charge in [0.25, 0.3) is 5.56 Å². The van der Waals surface area contributed by atoms with Crippen molar-refractivity contribution in [3.8, 4) is 16.9 Å². The van der Waals surface area contributed by atoms with Gasteiger partial charge >= 0.3 is 0 Å². The van der Waals surface area contributed by atoms with Crippen molar-refractivity contribution in [1.29, 1.82) is 0 Å². The largest absolute Gasteiger partial charge is 0.268 e. The zero-order chi connectivity index (χ0) is 20.7. The topological polar surface area (TPSA) is 34.9 Å². The van der Waals surface area contributed by atoms with Crippen molar-refractivity contribution in [2.24, 2.45) is 0 Å². The molecule has 30 heavy (non-hydrogen) atoms. The molecular formula is C26H28N2OS. The maximum atomic E-state index is 14.2. The number of para-hydroxylation sites is 1. The summed E-state index contributed by atoms with van der Waals surface area (Å²) in [6.45, 7) is 4.31. The third-order valence-electron chi connectivity index (χ3n) is 6.55. The number of rotatable bonds is 3. The number of aromatic nitrogens is 2. The molecule has 2 aromatic carbocycles. The Morgan fingerprint density at radius 1 is 0.967 bits per heavy atom. The van der Waals surface area contributed by atoms with E-state index >= 15 is 0 Å². The Morgan fingerprint density at radius 3 is 2.40 bits per heavy atom. The normalized spacial score (nSPS) is 17.0. The Hall–Kier alpha value is -2.33. The molecule has 3 aromatic rings. The fraction of sp³-hybridized carbons (Fsp3) is 0.385. The summed E-state index contributed by atoms with van der Waals surface area (Å²) in [4.78, 5) is 19.4. The van der Waals surface area contributed by atoms with Crippen molar-refractivity contribution in [2.45, 2.75) is 68.2 Å². The van der Waals surface area contributed by atoms with Gasteiger partial charge in [0.2, 0.25) is 0 Å². The monoisotopic (exact) mass is 416 g/mol. The van der Waals surface area contributed by atoms with E-state index < -0.39 is 0 Å². The predicted octanol–water partition coefficient (Wildman–Crippen LogP) is 6.16. The third-order valence-corrected chi connectivity index (χ3v) is 7.51. The number of benzene rings is 2. The van der Waals surface area contributed by atoms with E-state index in [0.29, 0.717) is 5.25 Å². The molecule has 0 aliphatic heterocycles. The Kier molecular flexibility index (Phi) is 5.06. The van der Waals surface area contributed by atoms with E-state index in [4.69, 9.17) is 4.98 Å². The van der Waals surface area contributed by atoms with E-state index in [-0.39, 0.29) is 11.0 Å². The molecule has 5 rings (SSSR count). The van der Waals surface area contributed by atoms with Crippen LogP contribution in [0.4, 0.5) is 0 Å². The van der Waals surface area contributed by atoms with Gasteiger partial charge in [0.15, 0.2) is 5.16 Å². The fourth-order valence-electron chi connectivity index (χ4n) is 5.28. The van der Waals surface area contributed by atoms with Crippen LogP contribution in [0.5, 0.6) is 0 Å². The highest BCUT2D eigenvalue weighted by Crippen LogP contribution is 2.49. The van der Waals surface area contributed by atoms with E-state index in [1.165, 1.54) is 24.8 Å². The van der Waals surface area contributed by atoms with Gasteiger partial charge in [-0.3, -0.25) is 9.36 Å². The molecule has 1 spiro atoms. The molecule has 154 valence electrons. The summed E-state index contributed by atoms with van der Waals surface area (Å²) in [6, 6.07) is 18.6. The molecule has 0 bridgehead atoms. The predicted molar refractivity (Wildman–Crippen MR) is 125 cm³/mol. The van der Waals surface area contributed by atoms with Crippen LogP contribution in [-0.2, 0) is 11.8 Å². The van der Waals surface area contributed by atoms with Crippen molar-refractivity contribution in [1.82, 2.24) is 9.55 Å². The minimum Gasteiger partial charge on any atom is -0.268 e. The zero-order valence-electron chi connectivity index (χ0n) is 17.7. The second kappa shape index (κ2) is 7.73. The molecule has 0 N–H and O–H groups in total. The molecular weight excluding hydrogens is 388 g/mol. The van der Waals surface area contributed by atoms with Crippen LogP contribution in [0.25, 0.3) is 16.9 Å². The first-order valence-corrected chi connectivity index (χ1v) is 11.9. The van der Waals surface area contributed by atoms with Crippen LogP contribution in [0.2, 0.25) is 0 Å². The maximum Gasteiger partial charge on any atom is 0.263 e. The summed E-state index contributed by atoms with van der Waals surface area (Å²) in [7, 11) is 0. The number of hydrogen-bond acceptors (Lipinski definition) is 3. The van der Waals surface area contributed by atoms with E-state index in [1.54, 1.807) is 11.8 Å². The van der Waals surface area contributed by atoms with Crippen LogP contribution >= 0.6 is 11.8 Å². The van der Waals surface area contributed by atoms with Gasteiger partial charge in [0, 0.05) is 16.2 Å². The molecule has 1 heterocycles. The van der Waals surface area contributed by atoms with Crippen molar-refractivity contribution >= 4 is 11.8 Å². The fourth-order valence-corrected chi connectivity index (χ4v) is 6.14. The third kappa shape index (κ3) is 3.22. The van der Waals surface area contributed by atoms with Crippen LogP contribution < -0.4 is 5.56 Å².